The summed E-state index contributed by atoms with van der Waals surface area (Å²) in [5.41, 5.74) is -0.986. The van der Waals surface area contributed by atoms with Gasteiger partial charge < -0.3 is 19.1 Å². The van der Waals surface area contributed by atoms with Crippen LogP contribution in [0.25, 0.3) is 11.2 Å². The lowest BCUT2D eigenvalue weighted by molar-refractivity contribution is -0.142. The molecule has 2 aromatic heterocycles. The molecule has 0 radical (unpaired) electrons. The molecule has 2 unspecified atom stereocenters. The van der Waals surface area contributed by atoms with Crippen LogP contribution in [0.3, 0.4) is 0 Å². The molecule has 178 valence electrons. The first-order valence-electron chi connectivity index (χ1n) is 10.3. The van der Waals surface area contributed by atoms with Gasteiger partial charge in [0.2, 0.25) is 0 Å². The number of halogens is 1. The number of aryl methyl sites for hydroxylation is 1. The van der Waals surface area contributed by atoms with Crippen LogP contribution < -0.4 is 16.0 Å². The molecule has 2 N–H and O–H groups in total. The summed E-state index contributed by atoms with van der Waals surface area (Å²) in [6.07, 6.45) is -0.554. The van der Waals surface area contributed by atoms with Crippen molar-refractivity contribution in [2.24, 2.45) is 7.05 Å². The summed E-state index contributed by atoms with van der Waals surface area (Å²) in [4.78, 5) is 43.7. The van der Waals surface area contributed by atoms with Crippen molar-refractivity contribution in [2.45, 2.75) is 43.3 Å². The van der Waals surface area contributed by atoms with E-state index in [0.717, 1.165) is 11.8 Å². The third-order valence-corrected chi connectivity index (χ3v) is 6.37. The molecule has 0 saturated heterocycles. The first-order chi connectivity index (χ1) is 15.7. The van der Waals surface area contributed by atoms with Gasteiger partial charge >= 0.3 is 11.7 Å². The van der Waals surface area contributed by atoms with E-state index in [2.05, 4.69) is 9.97 Å². The van der Waals surface area contributed by atoms with Gasteiger partial charge in [-0.1, -0.05) is 30.3 Å². The van der Waals surface area contributed by atoms with Crippen molar-refractivity contribution in [1.82, 2.24) is 19.1 Å². The molecule has 0 bridgehead atoms. The fourth-order valence-corrected chi connectivity index (χ4v) is 4.26. The zero-order chi connectivity index (χ0) is 24.1. The number of carbonyl (C=O) groups excluding carboxylic acids is 1. The molecule has 12 heteroatoms. The number of benzene rings is 1. The molecule has 33 heavy (non-hydrogen) atoms. The number of fused-ring (bicyclic) bond motifs is 1. The Morgan fingerprint density at radius 2 is 1.97 bits per heavy atom. The molecule has 3 aromatic rings. The Morgan fingerprint density at radius 1 is 1.27 bits per heavy atom. The minimum atomic E-state index is -1.02. The van der Waals surface area contributed by atoms with Crippen LogP contribution in [0.5, 0.6) is 5.75 Å². The van der Waals surface area contributed by atoms with Gasteiger partial charge in [0.05, 0.1) is 13.2 Å². The fraction of sp³-hybridized carbons (Fsp3) is 0.429. The summed E-state index contributed by atoms with van der Waals surface area (Å²) in [5.74, 6) is 0.121. The number of imidazole rings is 1. The van der Waals surface area contributed by atoms with Crippen LogP contribution in [0.2, 0.25) is 5.02 Å². The van der Waals surface area contributed by atoms with Gasteiger partial charge in [0.1, 0.15) is 23.7 Å². The lowest BCUT2D eigenvalue weighted by atomic mass is 10.3. The van der Waals surface area contributed by atoms with Crippen molar-refractivity contribution >= 4 is 40.5 Å². The predicted molar refractivity (Wildman–Crippen MR) is 125 cm³/mol. The maximum Gasteiger partial charge on any atom is 0.329 e. The monoisotopic (exact) mass is 496 g/mol. The van der Waals surface area contributed by atoms with Gasteiger partial charge in [-0.25, -0.2) is 9.78 Å². The Labute approximate surface area is 198 Å². The van der Waals surface area contributed by atoms with Gasteiger partial charge in [-0.2, -0.15) is 0 Å². The maximum absolute atomic E-state index is 12.6. The Bertz CT molecular complexity index is 1240. The van der Waals surface area contributed by atoms with Crippen molar-refractivity contribution in [1.29, 1.82) is 0 Å². The van der Waals surface area contributed by atoms with E-state index in [0.29, 0.717) is 22.3 Å². The van der Waals surface area contributed by atoms with Gasteiger partial charge in [0.15, 0.2) is 16.3 Å². The summed E-state index contributed by atoms with van der Waals surface area (Å²) in [6.45, 7) is 3.67. The number of esters is 1. The number of carbonyl (C=O) groups is 1. The number of aromatic amines is 1. The number of rotatable bonds is 10. The second-order valence-electron chi connectivity index (χ2n) is 7.18. The van der Waals surface area contributed by atoms with Crippen LogP contribution in [0.1, 0.15) is 20.3 Å². The predicted octanol–water partition coefficient (Wildman–Crippen LogP) is 1.95. The highest BCUT2D eigenvalue weighted by Gasteiger charge is 2.26. The SMILES string of the molecule is CCOC(=O)C(CC)Sc1nc2c(c(=O)[nH]c(=O)n2C)n1CC(O)COc1ccc(Cl)cc1. The highest BCUT2D eigenvalue weighted by Crippen LogP contribution is 2.28. The van der Waals surface area contributed by atoms with Crippen molar-refractivity contribution in [3.63, 3.8) is 0 Å². The average Bonchev–Trinajstić information content (AvgIpc) is 3.14. The molecule has 0 aliphatic carbocycles. The number of ether oxygens (including phenoxy) is 2. The number of nitrogens with zero attached hydrogens (tertiary/aromatic N) is 3. The van der Waals surface area contributed by atoms with Crippen LogP contribution in [-0.4, -0.2) is 54.7 Å². The Hall–Kier alpha value is -2.76. The molecule has 0 amide bonds. The molecule has 0 saturated carbocycles. The van der Waals surface area contributed by atoms with E-state index >= 15 is 0 Å². The third kappa shape index (κ3) is 5.79. The summed E-state index contributed by atoms with van der Waals surface area (Å²) in [6, 6.07) is 6.69. The second-order valence-corrected chi connectivity index (χ2v) is 8.79. The normalized spacial score (nSPS) is 13.1. The van der Waals surface area contributed by atoms with Gasteiger partial charge in [-0.05, 0) is 37.6 Å². The second kappa shape index (κ2) is 10.9. The molecular formula is C21H25ClN4O6S. The maximum atomic E-state index is 12.6. The van der Waals surface area contributed by atoms with E-state index in [-0.39, 0.29) is 30.9 Å². The van der Waals surface area contributed by atoms with Crippen molar-refractivity contribution in [3.05, 3.63) is 50.1 Å². The van der Waals surface area contributed by atoms with E-state index in [1.165, 1.54) is 16.2 Å². The number of H-pyrrole nitrogens is 1. The molecule has 3 rings (SSSR count). The molecule has 0 fully saturated rings. The molecule has 0 spiro atoms. The molecule has 10 nitrogen and oxygen atoms in total. The van der Waals surface area contributed by atoms with E-state index < -0.39 is 28.6 Å². The summed E-state index contributed by atoms with van der Waals surface area (Å²) in [5, 5.41) is 10.9. The van der Waals surface area contributed by atoms with Gasteiger partial charge in [-0.3, -0.25) is 19.1 Å². The first kappa shape index (κ1) is 24.9. The molecular weight excluding hydrogens is 472 g/mol. The summed E-state index contributed by atoms with van der Waals surface area (Å²) in [7, 11) is 1.48. The number of nitrogens with one attached hydrogen (secondary N) is 1. The van der Waals surface area contributed by atoms with E-state index in [1.807, 2.05) is 6.92 Å². The number of aliphatic hydroxyl groups is 1. The minimum Gasteiger partial charge on any atom is -0.491 e. The average molecular weight is 497 g/mol. The van der Waals surface area contributed by atoms with Gasteiger partial charge in [-0.15, -0.1) is 0 Å². The number of thioether (sulfide) groups is 1. The van der Waals surface area contributed by atoms with Crippen LogP contribution >= 0.6 is 23.4 Å². The Balaban J connectivity index is 1.93. The van der Waals surface area contributed by atoms with Crippen LogP contribution in [0.15, 0.2) is 39.0 Å². The lowest BCUT2D eigenvalue weighted by Gasteiger charge is -2.17. The van der Waals surface area contributed by atoms with Crippen molar-refractivity contribution in [3.8, 4) is 5.75 Å². The van der Waals surface area contributed by atoms with Gasteiger partial charge in [0.25, 0.3) is 5.56 Å². The van der Waals surface area contributed by atoms with E-state index in [1.54, 1.807) is 31.2 Å². The lowest BCUT2D eigenvalue weighted by Crippen LogP contribution is -2.31. The summed E-state index contributed by atoms with van der Waals surface area (Å²) >= 11 is 6.98. The number of aliphatic hydroxyl groups excluding tert-OH is 1. The van der Waals surface area contributed by atoms with Crippen LogP contribution in [0, 0.1) is 0 Å². The first-order valence-corrected chi connectivity index (χ1v) is 11.6. The van der Waals surface area contributed by atoms with Crippen molar-refractivity contribution in [2.75, 3.05) is 13.2 Å². The fourth-order valence-electron chi connectivity index (χ4n) is 3.12. The number of hydrogen-bond donors (Lipinski definition) is 2. The molecule has 0 aliphatic heterocycles. The summed E-state index contributed by atoms with van der Waals surface area (Å²) < 4.78 is 13.4. The molecule has 2 atom stereocenters. The third-order valence-electron chi connectivity index (χ3n) is 4.79. The molecule has 1 aromatic carbocycles. The van der Waals surface area contributed by atoms with Crippen LogP contribution in [0.4, 0.5) is 0 Å². The zero-order valence-corrected chi connectivity index (χ0v) is 20.0. The largest absolute Gasteiger partial charge is 0.491 e. The van der Waals surface area contributed by atoms with E-state index in [4.69, 9.17) is 21.1 Å². The Morgan fingerprint density at radius 3 is 2.61 bits per heavy atom. The smallest absolute Gasteiger partial charge is 0.329 e. The number of hydrogen-bond acceptors (Lipinski definition) is 8. The quantitative estimate of drug-likeness (QED) is 0.322. The van der Waals surface area contributed by atoms with Crippen LogP contribution in [-0.2, 0) is 23.1 Å². The molecule has 2 heterocycles. The molecule has 0 aliphatic rings. The van der Waals surface area contributed by atoms with E-state index in [9.17, 15) is 19.5 Å². The van der Waals surface area contributed by atoms with Crippen molar-refractivity contribution < 1.29 is 19.4 Å². The highest BCUT2D eigenvalue weighted by molar-refractivity contribution is 8.00. The standard InChI is InChI=1S/C21H25ClN4O6S/c1-4-15(19(29)31-5-2)33-21-23-17-16(18(28)24-20(30)25(17)3)26(21)10-13(27)11-32-14-8-6-12(22)7-9-14/h6-9,13,15,27H,4-5,10-11H2,1-3H3,(H,24,28,30). The number of aromatic nitrogens is 4. The Kier molecular flexibility index (Phi) is 8.22. The minimum absolute atomic E-state index is 0.0486. The highest BCUT2D eigenvalue weighted by atomic mass is 35.5. The topological polar surface area (TPSA) is 128 Å². The van der Waals surface area contributed by atoms with Gasteiger partial charge in [0, 0.05) is 12.1 Å². The zero-order valence-electron chi connectivity index (χ0n) is 18.4.